The average molecular weight is 378 g/mol. The van der Waals surface area contributed by atoms with Crippen LogP contribution in [0.3, 0.4) is 0 Å². The molecule has 0 aromatic carbocycles. The van der Waals surface area contributed by atoms with Crippen LogP contribution >= 0.6 is 27.3 Å². The standard InChI is InChI=1S/C14H12BrN5OS/c15-13-2-1-12(22-13)9-5-10(19-18-9)14(21)20-4-3-8-11(6-20)17-7-16-8/h1-2,5,7H,3-4,6H2,(H,16,17)(H,18,19). The zero-order chi connectivity index (χ0) is 15.1. The van der Waals surface area contributed by atoms with Gasteiger partial charge in [0.1, 0.15) is 0 Å². The first kappa shape index (κ1) is 13.7. The Morgan fingerprint density at radius 1 is 1.41 bits per heavy atom. The van der Waals surface area contributed by atoms with Crippen molar-refractivity contribution in [2.24, 2.45) is 0 Å². The predicted molar refractivity (Wildman–Crippen MR) is 86.6 cm³/mol. The van der Waals surface area contributed by atoms with Gasteiger partial charge in [0.2, 0.25) is 0 Å². The van der Waals surface area contributed by atoms with Crippen molar-refractivity contribution in [1.29, 1.82) is 0 Å². The van der Waals surface area contributed by atoms with Gasteiger partial charge in [-0.3, -0.25) is 9.89 Å². The molecule has 1 aliphatic heterocycles. The van der Waals surface area contributed by atoms with Gasteiger partial charge in [-0.2, -0.15) is 5.10 Å². The molecule has 1 amide bonds. The summed E-state index contributed by atoms with van der Waals surface area (Å²) >= 11 is 5.04. The number of rotatable bonds is 2. The number of halogens is 1. The molecule has 22 heavy (non-hydrogen) atoms. The molecule has 0 aliphatic carbocycles. The van der Waals surface area contributed by atoms with E-state index in [9.17, 15) is 4.79 Å². The van der Waals surface area contributed by atoms with Gasteiger partial charge in [-0.05, 0) is 34.1 Å². The van der Waals surface area contributed by atoms with E-state index in [2.05, 4.69) is 36.1 Å². The fraction of sp³-hybridized carbons (Fsp3) is 0.214. The van der Waals surface area contributed by atoms with Crippen LogP contribution in [0.25, 0.3) is 10.6 Å². The van der Waals surface area contributed by atoms with Crippen LogP contribution in [-0.2, 0) is 13.0 Å². The summed E-state index contributed by atoms with van der Waals surface area (Å²) in [5.41, 5.74) is 3.37. The van der Waals surface area contributed by atoms with Crippen LogP contribution in [0.1, 0.15) is 21.9 Å². The van der Waals surface area contributed by atoms with Gasteiger partial charge in [0.15, 0.2) is 5.69 Å². The first-order valence-electron chi connectivity index (χ1n) is 6.82. The summed E-state index contributed by atoms with van der Waals surface area (Å²) in [7, 11) is 0. The summed E-state index contributed by atoms with van der Waals surface area (Å²) in [5.74, 6) is -0.0571. The lowest BCUT2D eigenvalue weighted by molar-refractivity contribution is 0.0726. The van der Waals surface area contributed by atoms with Gasteiger partial charge < -0.3 is 9.88 Å². The summed E-state index contributed by atoms with van der Waals surface area (Å²) in [6.07, 6.45) is 2.46. The summed E-state index contributed by atoms with van der Waals surface area (Å²) in [6, 6.07) is 5.78. The minimum absolute atomic E-state index is 0.0571. The van der Waals surface area contributed by atoms with E-state index in [0.29, 0.717) is 18.8 Å². The highest BCUT2D eigenvalue weighted by Crippen LogP contribution is 2.30. The Kier molecular flexibility index (Phi) is 3.34. The zero-order valence-corrected chi connectivity index (χ0v) is 13.9. The molecule has 4 heterocycles. The third kappa shape index (κ3) is 2.38. The van der Waals surface area contributed by atoms with E-state index in [4.69, 9.17) is 0 Å². The molecule has 0 spiro atoms. The predicted octanol–water partition coefficient (Wildman–Crippen LogP) is 2.82. The van der Waals surface area contributed by atoms with Crippen molar-refractivity contribution in [3.05, 3.63) is 45.4 Å². The number of carbonyl (C=O) groups is 1. The second-order valence-corrected chi connectivity index (χ2v) is 7.54. The molecule has 3 aromatic rings. The van der Waals surface area contributed by atoms with Crippen molar-refractivity contribution in [1.82, 2.24) is 25.1 Å². The van der Waals surface area contributed by atoms with E-state index in [1.165, 1.54) is 0 Å². The first-order chi connectivity index (χ1) is 10.7. The molecule has 0 fully saturated rings. The molecule has 0 bridgehead atoms. The molecule has 3 aromatic heterocycles. The number of nitrogens with zero attached hydrogens (tertiary/aromatic N) is 3. The van der Waals surface area contributed by atoms with Crippen LogP contribution < -0.4 is 0 Å². The number of aromatic nitrogens is 4. The Morgan fingerprint density at radius 3 is 3.14 bits per heavy atom. The molecular weight excluding hydrogens is 366 g/mol. The fourth-order valence-corrected chi connectivity index (χ4v) is 3.92. The van der Waals surface area contributed by atoms with Gasteiger partial charge in [0.25, 0.3) is 5.91 Å². The van der Waals surface area contributed by atoms with E-state index < -0.39 is 0 Å². The third-order valence-corrected chi connectivity index (χ3v) is 5.35. The molecule has 112 valence electrons. The second-order valence-electron chi connectivity index (χ2n) is 5.08. The minimum atomic E-state index is -0.0571. The minimum Gasteiger partial charge on any atom is -0.347 e. The summed E-state index contributed by atoms with van der Waals surface area (Å²) in [5, 5.41) is 7.11. The van der Waals surface area contributed by atoms with Crippen molar-refractivity contribution in [2.75, 3.05) is 6.54 Å². The lowest BCUT2D eigenvalue weighted by Gasteiger charge is -2.25. The van der Waals surface area contributed by atoms with Gasteiger partial charge in [0, 0.05) is 13.0 Å². The molecule has 8 heteroatoms. The lowest BCUT2D eigenvalue weighted by Crippen LogP contribution is -2.36. The SMILES string of the molecule is O=C(c1cc(-c2ccc(Br)s2)[nH]n1)N1CCc2nc[nH]c2C1. The van der Waals surface area contributed by atoms with E-state index in [1.807, 2.05) is 18.2 Å². The number of thiophene rings is 1. The van der Waals surface area contributed by atoms with Crippen LogP contribution in [0.4, 0.5) is 0 Å². The van der Waals surface area contributed by atoms with Gasteiger partial charge in [-0.1, -0.05) is 0 Å². The molecule has 0 saturated heterocycles. The van der Waals surface area contributed by atoms with Crippen molar-refractivity contribution in [3.8, 4) is 10.6 Å². The van der Waals surface area contributed by atoms with E-state index in [0.717, 1.165) is 32.2 Å². The Hall–Kier alpha value is -1.93. The van der Waals surface area contributed by atoms with E-state index in [1.54, 1.807) is 22.6 Å². The maximum absolute atomic E-state index is 12.6. The molecule has 0 unspecified atom stereocenters. The smallest absolute Gasteiger partial charge is 0.274 e. The number of fused-ring (bicyclic) bond motifs is 1. The number of imidazole rings is 1. The van der Waals surface area contributed by atoms with Crippen molar-refractivity contribution >= 4 is 33.2 Å². The molecule has 0 saturated carbocycles. The van der Waals surface area contributed by atoms with Gasteiger partial charge in [0.05, 0.1) is 38.6 Å². The zero-order valence-electron chi connectivity index (χ0n) is 11.5. The Balaban J connectivity index is 1.55. The number of hydrogen-bond donors (Lipinski definition) is 2. The maximum Gasteiger partial charge on any atom is 0.274 e. The number of aromatic amines is 2. The highest BCUT2D eigenvalue weighted by atomic mass is 79.9. The highest BCUT2D eigenvalue weighted by molar-refractivity contribution is 9.11. The highest BCUT2D eigenvalue weighted by Gasteiger charge is 2.25. The molecule has 4 rings (SSSR count). The summed E-state index contributed by atoms with van der Waals surface area (Å²) in [4.78, 5) is 22.8. The van der Waals surface area contributed by atoms with Crippen LogP contribution in [0, 0.1) is 0 Å². The molecule has 1 aliphatic rings. The topological polar surface area (TPSA) is 77.7 Å². The number of amides is 1. The largest absolute Gasteiger partial charge is 0.347 e. The van der Waals surface area contributed by atoms with Crippen molar-refractivity contribution in [3.63, 3.8) is 0 Å². The molecule has 0 atom stereocenters. The van der Waals surface area contributed by atoms with E-state index >= 15 is 0 Å². The normalized spacial score (nSPS) is 14.1. The Labute approximate surface area is 138 Å². The summed E-state index contributed by atoms with van der Waals surface area (Å²) < 4.78 is 1.05. The number of hydrogen-bond acceptors (Lipinski definition) is 4. The van der Waals surface area contributed by atoms with Crippen LogP contribution in [0.15, 0.2) is 28.3 Å². The van der Waals surface area contributed by atoms with Crippen molar-refractivity contribution in [2.45, 2.75) is 13.0 Å². The van der Waals surface area contributed by atoms with Crippen LogP contribution in [0.2, 0.25) is 0 Å². The average Bonchev–Trinajstić information content (AvgIpc) is 3.25. The maximum atomic E-state index is 12.6. The molecular formula is C14H12BrN5OS. The molecule has 6 nitrogen and oxygen atoms in total. The number of H-pyrrole nitrogens is 2. The third-order valence-electron chi connectivity index (χ3n) is 3.70. The monoisotopic (exact) mass is 377 g/mol. The van der Waals surface area contributed by atoms with Crippen LogP contribution in [-0.4, -0.2) is 37.5 Å². The first-order valence-corrected chi connectivity index (χ1v) is 8.43. The van der Waals surface area contributed by atoms with E-state index in [-0.39, 0.29) is 5.91 Å². The fourth-order valence-electron chi connectivity index (χ4n) is 2.56. The molecule has 2 N–H and O–H groups in total. The number of nitrogens with one attached hydrogen (secondary N) is 2. The lowest BCUT2D eigenvalue weighted by atomic mass is 10.1. The quantitative estimate of drug-likeness (QED) is 0.720. The molecule has 0 radical (unpaired) electrons. The van der Waals surface area contributed by atoms with Gasteiger partial charge >= 0.3 is 0 Å². The Bertz CT molecular complexity index is 836. The second kappa shape index (κ2) is 5.36. The van der Waals surface area contributed by atoms with Gasteiger partial charge in [-0.15, -0.1) is 11.3 Å². The summed E-state index contributed by atoms with van der Waals surface area (Å²) in [6.45, 7) is 1.23. The van der Waals surface area contributed by atoms with Crippen LogP contribution in [0.5, 0.6) is 0 Å². The Morgan fingerprint density at radius 2 is 2.32 bits per heavy atom. The van der Waals surface area contributed by atoms with Crippen molar-refractivity contribution < 1.29 is 4.79 Å². The number of carbonyl (C=O) groups excluding carboxylic acids is 1. The van der Waals surface area contributed by atoms with Gasteiger partial charge in [-0.25, -0.2) is 4.98 Å².